The molecule has 1 aliphatic heterocycles. The van der Waals surface area contributed by atoms with Gasteiger partial charge >= 0.3 is 0 Å². The van der Waals surface area contributed by atoms with E-state index in [1.54, 1.807) is 12.7 Å². The molecule has 0 spiro atoms. The smallest absolute Gasteiger partial charge is 0.226 e. The lowest BCUT2D eigenvalue weighted by Gasteiger charge is -2.22. The van der Waals surface area contributed by atoms with Gasteiger partial charge in [-0.2, -0.15) is 10.1 Å². The lowest BCUT2D eigenvalue weighted by atomic mass is 10.2. The van der Waals surface area contributed by atoms with Crippen LogP contribution in [0, 0.1) is 0 Å². The van der Waals surface area contributed by atoms with Gasteiger partial charge in [0.15, 0.2) is 5.82 Å². The van der Waals surface area contributed by atoms with Gasteiger partial charge in [-0.15, -0.1) is 0 Å². The normalized spacial score (nSPS) is 19.4. The monoisotopic (exact) mass is 290 g/mol. The molecule has 0 aliphatic carbocycles. The second-order valence-corrected chi connectivity index (χ2v) is 5.59. The van der Waals surface area contributed by atoms with Gasteiger partial charge in [0.1, 0.15) is 12.7 Å². The molecule has 114 valence electrons. The van der Waals surface area contributed by atoms with Crippen molar-refractivity contribution < 1.29 is 4.52 Å². The third-order valence-corrected chi connectivity index (χ3v) is 3.96. The van der Waals surface area contributed by atoms with Crippen LogP contribution in [0.2, 0.25) is 0 Å². The highest BCUT2D eigenvalue weighted by Crippen LogP contribution is 2.20. The van der Waals surface area contributed by atoms with E-state index < -0.39 is 0 Å². The summed E-state index contributed by atoms with van der Waals surface area (Å²) in [6, 6.07) is 0.476. The Morgan fingerprint density at radius 2 is 2.38 bits per heavy atom. The van der Waals surface area contributed by atoms with E-state index in [-0.39, 0.29) is 0 Å². The first-order chi connectivity index (χ1) is 10.3. The summed E-state index contributed by atoms with van der Waals surface area (Å²) in [6.45, 7) is 4.88. The Labute approximate surface area is 124 Å². The lowest BCUT2D eigenvalue weighted by molar-refractivity contribution is 0.211. The van der Waals surface area contributed by atoms with Crippen LogP contribution in [0.25, 0.3) is 0 Å². The summed E-state index contributed by atoms with van der Waals surface area (Å²) in [4.78, 5) is 10.9. The third kappa shape index (κ3) is 3.66. The van der Waals surface area contributed by atoms with Crippen LogP contribution < -0.4 is 0 Å². The Balaban J connectivity index is 1.56. The van der Waals surface area contributed by atoms with Crippen LogP contribution >= 0.6 is 0 Å². The van der Waals surface area contributed by atoms with Crippen LogP contribution in [0.4, 0.5) is 0 Å². The molecule has 0 amide bonds. The molecule has 21 heavy (non-hydrogen) atoms. The molecule has 0 radical (unpaired) electrons. The third-order valence-electron chi connectivity index (χ3n) is 3.96. The maximum Gasteiger partial charge on any atom is 0.226 e. The molecule has 7 nitrogen and oxygen atoms in total. The van der Waals surface area contributed by atoms with Gasteiger partial charge in [0.05, 0.1) is 13.1 Å². The fraction of sp³-hybridized carbons (Fsp3) is 0.714. The van der Waals surface area contributed by atoms with Crippen LogP contribution in [0.5, 0.6) is 0 Å². The number of unbranched alkanes of at least 4 members (excludes halogenated alkanes) is 1. The summed E-state index contributed by atoms with van der Waals surface area (Å²) in [6.07, 6.45) is 8.86. The predicted octanol–water partition coefficient (Wildman–Crippen LogP) is 1.67. The van der Waals surface area contributed by atoms with Crippen LogP contribution in [-0.4, -0.2) is 42.4 Å². The van der Waals surface area contributed by atoms with Gasteiger partial charge in [-0.3, -0.25) is 9.58 Å². The minimum atomic E-state index is 0.476. The zero-order chi connectivity index (χ0) is 14.5. The van der Waals surface area contributed by atoms with Crippen molar-refractivity contribution in [3.63, 3.8) is 0 Å². The van der Waals surface area contributed by atoms with Gasteiger partial charge in [0.2, 0.25) is 5.89 Å². The summed E-state index contributed by atoms with van der Waals surface area (Å²) in [5.41, 5.74) is 0. The SMILES string of the molecule is CCCCc1nc(CN2CCC[C@H]2Cn2cncn2)no1. The fourth-order valence-electron chi connectivity index (χ4n) is 2.82. The molecule has 0 bridgehead atoms. The van der Waals surface area contributed by atoms with E-state index in [2.05, 4.69) is 32.0 Å². The molecular weight excluding hydrogens is 268 g/mol. The quantitative estimate of drug-likeness (QED) is 0.772. The number of nitrogens with zero attached hydrogens (tertiary/aromatic N) is 6. The maximum absolute atomic E-state index is 5.30. The zero-order valence-electron chi connectivity index (χ0n) is 12.5. The zero-order valence-corrected chi connectivity index (χ0v) is 12.5. The molecule has 3 heterocycles. The summed E-state index contributed by atoms with van der Waals surface area (Å²) in [5.74, 6) is 1.56. The highest BCUT2D eigenvalue weighted by Gasteiger charge is 2.26. The standard InChI is InChI=1S/C14H22N6O/c1-2-3-6-14-17-13(18-21-14)9-19-7-4-5-12(19)8-20-11-15-10-16-20/h10-12H,2-9H2,1H3/t12-/m0/s1. The highest BCUT2D eigenvalue weighted by atomic mass is 16.5. The Bertz CT molecular complexity index is 537. The first-order valence-electron chi connectivity index (χ1n) is 7.73. The number of hydrogen-bond donors (Lipinski definition) is 0. The van der Waals surface area contributed by atoms with Crippen molar-refractivity contribution in [3.8, 4) is 0 Å². The first-order valence-corrected chi connectivity index (χ1v) is 7.73. The molecule has 0 N–H and O–H groups in total. The Morgan fingerprint density at radius 3 is 3.19 bits per heavy atom. The fourth-order valence-corrected chi connectivity index (χ4v) is 2.82. The average molecular weight is 290 g/mol. The van der Waals surface area contributed by atoms with E-state index in [1.807, 2.05) is 4.68 Å². The van der Waals surface area contributed by atoms with Crippen molar-refractivity contribution in [1.29, 1.82) is 0 Å². The minimum absolute atomic E-state index is 0.476. The molecule has 1 saturated heterocycles. The van der Waals surface area contributed by atoms with Crippen LogP contribution in [0.3, 0.4) is 0 Å². The number of likely N-dealkylation sites (tertiary alicyclic amines) is 1. The summed E-state index contributed by atoms with van der Waals surface area (Å²) in [7, 11) is 0. The van der Waals surface area contributed by atoms with E-state index >= 15 is 0 Å². The second kappa shape index (κ2) is 6.80. The van der Waals surface area contributed by atoms with Crippen LogP contribution in [0.15, 0.2) is 17.2 Å². The van der Waals surface area contributed by atoms with Crippen molar-refractivity contribution >= 4 is 0 Å². The van der Waals surface area contributed by atoms with E-state index in [1.165, 1.54) is 12.8 Å². The van der Waals surface area contributed by atoms with Gasteiger partial charge in [-0.05, 0) is 25.8 Å². The van der Waals surface area contributed by atoms with Crippen molar-refractivity contribution in [2.24, 2.45) is 0 Å². The summed E-state index contributed by atoms with van der Waals surface area (Å²) in [5, 5.41) is 8.29. The number of aromatic nitrogens is 5. The molecule has 1 atom stereocenters. The van der Waals surface area contributed by atoms with Crippen molar-refractivity contribution in [3.05, 3.63) is 24.4 Å². The average Bonchev–Trinajstić information content (AvgIpc) is 3.21. The van der Waals surface area contributed by atoms with Gasteiger partial charge in [0.25, 0.3) is 0 Å². The van der Waals surface area contributed by atoms with Crippen LogP contribution in [-0.2, 0) is 19.5 Å². The second-order valence-electron chi connectivity index (χ2n) is 5.59. The summed E-state index contributed by atoms with van der Waals surface area (Å²) >= 11 is 0. The van der Waals surface area contributed by atoms with E-state index in [9.17, 15) is 0 Å². The number of rotatable bonds is 7. The molecular formula is C14H22N6O. The topological polar surface area (TPSA) is 72.9 Å². The lowest BCUT2D eigenvalue weighted by Crippen LogP contribution is -2.33. The van der Waals surface area contributed by atoms with Gasteiger partial charge in [-0.1, -0.05) is 18.5 Å². The molecule has 7 heteroatoms. The number of hydrogen-bond acceptors (Lipinski definition) is 6. The van der Waals surface area contributed by atoms with E-state index in [4.69, 9.17) is 4.52 Å². The Kier molecular flexibility index (Phi) is 4.59. The van der Waals surface area contributed by atoms with Crippen molar-refractivity contribution in [1.82, 2.24) is 29.8 Å². The molecule has 2 aromatic rings. The first kappa shape index (κ1) is 14.2. The Hall–Kier alpha value is -1.76. The number of aryl methyl sites for hydroxylation is 1. The van der Waals surface area contributed by atoms with Crippen LogP contribution in [0.1, 0.15) is 44.3 Å². The van der Waals surface area contributed by atoms with Crippen molar-refractivity contribution in [2.75, 3.05) is 6.54 Å². The van der Waals surface area contributed by atoms with Gasteiger partial charge in [0, 0.05) is 12.5 Å². The molecule has 1 aliphatic rings. The maximum atomic E-state index is 5.30. The molecule has 1 fully saturated rings. The van der Waals surface area contributed by atoms with Gasteiger partial charge < -0.3 is 4.52 Å². The summed E-state index contributed by atoms with van der Waals surface area (Å²) < 4.78 is 7.20. The molecule has 0 aromatic carbocycles. The van der Waals surface area contributed by atoms with E-state index in [0.29, 0.717) is 6.04 Å². The molecule has 3 rings (SSSR count). The minimum Gasteiger partial charge on any atom is -0.339 e. The van der Waals surface area contributed by atoms with E-state index in [0.717, 1.165) is 50.6 Å². The molecule has 0 unspecified atom stereocenters. The largest absolute Gasteiger partial charge is 0.339 e. The predicted molar refractivity (Wildman–Crippen MR) is 76.4 cm³/mol. The molecule has 2 aromatic heterocycles. The highest BCUT2D eigenvalue weighted by molar-refractivity contribution is 4.90. The van der Waals surface area contributed by atoms with Crippen molar-refractivity contribution in [2.45, 2.75) is 58.2 Å². The molecule has 0 saturated carbocycles. The van der Waals surface area contributed by atoms with Gasteiger partial charge in [-0.25, -0.2) is 4.98 Å². The Morgan fingerprint density at radius 1 is 1.43 bits per heavy atom.